The van der Waals surface area contributed by atoms with Crippen LogP contribution in [0.4, 0.5) is 0 Å². The number of sulfonamides is 1. The first-order valence-electron chi connectivity index (χ1n) is 5.55. The second-order valence-corrected chi connectivity index (χ2v) is 6.59. The van der Waals surface area contributed by atoms with Crippen LogP contribution in [-0.2, 0) is 10.0 Å². The van der Waals surface area contributed by atoms with Crippen LogP contribution < -0.4 is 4.72 Å². The van der Waals surface area contributed by atoms with Gasteiger partial charge in [0.1, 0.15) is 11.5 Å². The third kappa shape index (κ3) is 3.62. The van der Waals surface area contributed by atoms with Crippen molar-refractivity contribution in [1.29, 1.82) is 0 Å². The van der Waals surface area contributed by atoms with Crippen molar-refractivity contribution in [3.63, 3.8) is 0 Å². The average molecular weight is 320 g/mol. The summed E-state index contributed by atoms with van der Waals surface area (Å²) in [6.07, 6.45) is 1.66. The van der Waals surface area contributed by atoms with Gasteiger partial charge in [-0.2, -0.15) is 0 Å². The molecule has 0 atom stereocenters. The van der Waals surface area contributed by atoms with Crippen molar-refractivity contribution >= 4 is 33.2 Å². The zero-order valence-corrected chi connectivity index (χ0v) is 12.1. The third-order valence-corrected chi connectivity index (χ3v) is 4.92. The Labute approximate surface area is 121 Å². The van der Waals surface area contributed by atoms with Crippen molar-refractivity contribution in [3.05, 3.63) is 27.7 Å². The van der Waals surface area contributed by atoms with Crippen molar-refractivity contribution in [2.75, 3.05) is 6.61 Å². The topological polar surface area (TPSA) is 66.4 Å². The molecule has 0 saturated heterocycles. The summed E-state index contributed by atoms with van der Waals surface area (Å²) >= 11 is 11.9. The number of rotatable bonds is 3. The summed E-state index contributed by atoms with van der Waals surface area (Å²) in [6.45, 7) is -0.293. The largest absolute Gasteiger partial charge is 0.384 e. The van der Waals surface area contributed by atoms with Crippen LogP contribution in [0, 0.1) is 11.8 Å². The van der Waals surface area contributed by atoms with Crippen LogP contribution in [0.15, 0.2) is 17.0 Å². The number of aliphatic hydroxyl groups excluding tert-OH is 1. The Morgan fingerprint density at radius 2 is 1.89 bits per heavy atom. The van der Waals surface area contributed by atoms with Gasteiger partial charge in [0.15, 0.2) is 0 Å². The van der Waals surface area contributed by atoms with Crippen LogP contribution in [0.2, 0.25) is 10.0 Å². The number of benzene rings is 1. The van der Waals surface area contributed by atoms with Gasteiger partial charge >= 0.3 is 0 Å². The maximum atomic E-state index is 12.1. The number of aliphatic hydroxyl groups is 1. The highest BCUT2D eigenvalue weighted by molar-refractivity contribution is 7.89. The van der Waals surface area contributed by atoms with Crippen LogP contribution in [0.5, 0.6) is 0 Å². The minimum atomic E-state index is -3.71. The smallest absolute Gasteiger partial charge is 0.243 e. The highest BCUT2D eigenvalue weighted by Crippen LogP contribution is 2.32. The molecule has 0 radical (unpaired) electrons. The van der Waals surface area contributed by atoms with E-state index in [1.807, 2.05) is 0 Å². The Bertz CT molecular complexity index is 634. The van der Waals surface area contributed by atoms with E-state index in [0.717, 1.165) is 12.8 Å². The molecule has 0 spiro atoms. The predicted molar refractivity (Wildman–Crippen MR) is 73.8 cm³/mol. The fourth-order valence-electron chi connectivity index (χ4n) is 1.51. The molecule has 1 aromatic rings. The molecular formula is C12H11Cl2NO3S. The number of hydrogen-bond acceptors (Lipinski definition) is 3. The normalized spacial score (nSPS) is 14.9. The second-order valence-electron chi connectivity index (χ2n) is 4.12. The highest BCUT2D eigenvalue weighted by atomic mass is 35.5. The maximum absolute atomic E-state index is 12.1. The molecule has 7 heteroatoms. The molecule has 0 heterocycles. The second kappa shape index (κ2) is 5.70. The fourth-order valence-corrected chi connectivity index (χ4v) is 4.03. The molecule has 0 aliphatic heterocycles. The van der Waals surface area contributed by atoms with Gasteiger partial charge in [0.25, 0.3) is 0 Å². The molecule has 2 rings (SSSR count). The molecule has 0 unspecified atom stereocenters. The summed E-state index contributed by atoms with van der Waals surface area (Å²) in [5, 5.41) is 8.64. The molecule has 0 amide bonds. The van der Waals surface area contributed by atoms with Crippen LogP contribution >= 0.6 is 23.2 Å². The highest BCUT2D eigenvalue weighted by Gasteiger charge is 2.30. The lowest BCUT2D eigenvalue weighted by molar-refractivity contribution is 0.350. The van der Waals surface area contributed by atoms with E-state index in [4.69, 9.17) is 28.3 Å². The number of hydrogen-bond donors (Lipinski definition) is 2. The van der Waals surface area contributed by atoms with E-state index in [2.05, 4.69) is 16.6 Å². The lowest BCUT2D eigenvalue weighted by Gasteiger charge is -2.09. The van der Waals surface area contributed by atoms with Crippen molar-refractivity contribution in [2.24, 2.45) is 0 Å². The standard InChI is InChI=1S/C12H11Cl2NO3S/c13-10-6-8(2-1-5-16)7-11(14)12(10)19(17,18)15-9-3-4-9/h6-7,9,15-16H,3-5H2. The SMILES string of the molecule is O=S(=O)(NC1CC1)c1c(Cl)cc(C#CCO)cc1Cl. The van der Waals surface area contributed by atoms with Gasteiger partial charge in [-0.25, -0.2) is 13.1 Å². The van der Waals surface area contributed by atoms with Gasteiger partial charge in [0, 0.05) is 11.6 Å². The summed E-state index contributed by atoms with van der Waals surface area (Å²) in [6, 6.07) is 2.81. The first-order chi connectivity index (χ1) is 8.94. The Hall–Kier alpha value is -0.770. The van der Waals surface area contributed by atoms with Crippen molar-refractivity contribution in [1.82, 2.24) is 4.72 Å². The van der Waals surface area contributed by atoms with Gasteiger partial charge in [-0.3, -0.25) is 0 Å². The quantitative estimate of drug-likeness (QED) is 0.834. The molecule has 0 aromatic heterocycles. The fraction of sp³-hybridized carbons (Fsp3) is 0.333. The van der Waals surface area contributed by atoms with E-state index in [1.54, 1.807) is 0 Å². The van der Waals surface area contributed by atoms with Gasteiger partial charge in [-0.05, 0) is 25.0 Å². The Balaban J connectivity index is 2.41. The molecule has 1 saturated carbocycles. The van der Waals surface area contributed by atoms with Crippen molar-refractivity contribution in [3.8, 4) is 11.8 Å². The first kappa shape index (κ1) is 14.6. The summed E-state index contributed by atoms with van der Waals surface area (Å²) in [5.41, 5.74) is 0.453. The number of halogens is 2. The molecule has 1 aromatic carbocycles. The van der Waals surface area contributed by atoms with E-state index >= 15 is 0 Å². The molecule has 2 N–H and O–H groups in total. The van der Waals surface area contributed by atoms with Gasteiger partial charge in [0.05, 0.1) is 10.0 Å². The van der Waals surface area contributed by atoms with Gasteiger partial charge in [0.2, 0.25) is 10.0 Å². The van der Waals surface area contributed by atoms with E-state index in [1.165, 1.54) is 12.1 Å². The maximum Gasteiger partial charge on any atom is 0.243 e. The summed E-state index contributed by atoms with van der Waals surface area (Å²) in [5.74, 6) is 5.07. The predicted octanol–water partition coefficient (Wildman–Crippen LogP) is 1.78. The van der Waals surface area contributed by atoms with Crippen molar-refractivity contribution < 1.29 is 13.5 Å². The third-order valence-electron chi connectivity index (χ3n) is 2.48. The lowest BCUT2D eigenvalue weighted by Crippen LogP contribution is -2.26. The average Bonchev–Trinajstić information content (AvgIpc) is 3.08. The minimum Gasteiger partial charge on any atom is -0.384 e. The van der Waals surface area contributed by atoms with Gasteiger partial charge in [-0.1, -0.05) is 35.0 Å². The lowest BCUT2D eigenvalue weighted by atomic mass is 10.2. The Morgan fingerprint density at radius 3 is 2.37 bits per heavy atom. The van der Waals surface area contributed by atoms with Crippen LogP contribution in [0.1, 0.15) is 18.4 Å². The van der Waals surface area contributed by atoms with Gasteiger partial charge < -0.3 is 5.11 Å². The zero-order valence-electron chi connectivity index (χ0n) is 9.78. The number of nitrogens with one attached hydrogen (secondary N) is 1. The van der Waals surface area contributed by atoms with Gasteiger partial charge in [-0.15, -0.1) is 0 Å². The van der Waals surface area contributed by atoms with Crippen molar-refractivity contribution in [2.45, 2.75) is 23.8 Å². The minimum absolute atomic E-state index is 0.0166. The molecule has 19 heavy (non-hydrogen) atoms. The van der Waals surface area contributed by atoms with Crippen LogP contribution in [0.25, 0.3) is 0 Å². The summed E-state index contributed by atoms with van der Waals surface area (Å²) in [4.78, 5) is -0.128. The molecule has 1 fully saturated rings. The first-order valence-corrected chi connectivity index (χ1v) is 7.79. The van der Waals surface area contributed by atoms with E-state index in [-0.39, 0.29) is 27.6 Å². The molecule has 4 nitrogen and oxygen atoms in total. The molecule has 1 aliphatic carbocycles. The molecule has 1 aliphatic rings. The van der Waals surface area contributed by atoms with Crippen LogP contribution in [0.3, 0.4) is 0 Å². The van der Waals surface area contributed by atoms with E-state index < -0.39 is 10.0 Å². The van der Waals surface area contributed by atoms with Crippen LogP contribution in [-0.4, -0.2) is 26.2 Å². The van der Waals surface area contributed by atoms with E-state index in [0.29, 0.717) is 5.56 Å². The molecule has 102 valence electrons. The monoisotopic (exact) mass is 319 g/mol. The summed E-state index contributed by atoms with van der Waals surface area (Å²) in [7, 11) is -3.71. The van der Waals surface area contributed by atoms with E-state index in [9.17, 15) is 8.42 Å². The molecular weight excluding hydrogens is 309 g/mol. The summed E-state index contributed by atoms with van der Waals surface area (Å²) < 4.78 is 26.7. The Kier molecular flexibility index (Phi) is 4.39. The molecule has 0 bridgehead atoms. The zero-order chi connectivity index (χ0) is 14.0. The Morgan fingerprint density at radius 1 is 1.32 bits per heavy atom.